The van der Waals surface area contributed by atoms with E-state index in [0.717, 1.165) is 32.5 Å². The van der Waals surface area contributed by atoms with Gasteiger partial charge in [-0.1, -0.05) is 6.92 Å². The summed E-state index contributed by atoms with van der Waals surface area (Å²) < 4.78 is 15.9. The van der Waals surface area contributed by atoms with Crippen LogP contribution in [0.4, 0.5) is 0 Å². The molecule has 0 bridgehead atoms. The van der Waals surface area contributed by atoms with E-state index in [1.165, 1.54) is 0 Å². The molecule has 0 spiro atoms. The zero-order chi connectivity index (χ0) is 10.1. The van der Waals surface area contributed by atoms with E-state index in [-0.39, 0.29) is 0 Å². The zero-order valence-electron chi connectivity index (χ0n) is 8.84. The molecule has 0 aromatic rings. The molecule has 0 amide bonds. The van der Waals surface area contributed by atoms with Crippen LogP contribution >= 0.6 is 0 Å². The van der Waals surface area contributed by atoms with Crippen LogP contribution in [0.25, 0.3) is 0 Å². The largest absolute Gasteiger partial charge is 0.385 e. The van der Waals surface area contributed by atoms with Crippen LogP contribution in [0.5, 0.6) is 0 Å². The molecular formula is C9H21NO2S. The second kappa shape index (κ2) is 8.66. The Hall–Kier alpha value is 0.0700. The summed E-state index contributed by atoms with van der Waals surface area (Å²) in [4.78, 5) is 0. The third-order valence-electron chi connectivity index (χ3n) is 2.00. The first-order chi connectivity index (χ1) is 6.18. The van der Waals surface area contributed by atoms with Crippen LogP contribution in [-0.4, -0.2) is 42.5 Å². The second-order valence-electron chi connectivity index (χ2n) is 3.19. The summed E-state index contributed by atoms with van der Waals surface area (Å²) in [5.74, 6) is 0. The highest BCUT2D eigenvalue weighted by Gasteiger charge is 2.04. The molecule has 0 radical (unpaired) electrons. The lowest BCUT2D eigenvalue weighted by molar-refractivity contribution is 0.194. The van der Waals surface area contributed by atoms with Crippen LogP contribution in [0.2, 0.25) is 0 Å². The van der Waals surface area contributed by atoms with Gasteiger partial charge in [-0.05, 0) is 25.9 Å². The molecular weight excluding hydrogens is 186 g/mol. The molecule has 0 saturated carbocycles. The summed E-state index contributed by atoms with van der Waals surface area (Å²) in [6.07, 6.45) is 3.78. The van der Waals surface area contributed by atoms with Crippen molar-refractivity contribution in [3.05, 3.63) is 0 Å². The highest BCUT2D eigenvalue weighted by atomic mass is 32.2. The molecule has 1 N–H and O–H groups in total. The molecule has 0 aliphatic heterocycles. The van der Waals surface area contributed by atoms with Gasteiger partial charge in [0.1, 0.15) is 0 Å². The van der Waals surface area contributed by atoms with E-state index < -0.39 is 10.8 Å². The number of rotatable bonds is 8. The predicted molar refractivity (Wildman–Crippen MR) is 57.5 cm³/mol. The van der Waals surface area contributed by atoms with Crippen LogP contribution in [0, 0.1) is 0 Å². The van der Waals surface area contributed by atoms with E-state index in [0.29, 0.717) is 5.25 Å². The minimum absolute atomic E-state index is 0.301. The minimum atomic E-state index is -0.684. The second-order valence-corrected chi connectivity index (χ2v) is 5.00. The van der Waals surface area contributed by atoms with Gasteiger partial charge in [-0.3, -0.25) is 4.21 Å². The maximum absolute atomic E-state index is 11.0. The minimum Gasteiger partial charge on any atom is -0.385 e. The fourth-order valence-electron chi connectivity index (χ4n) is 0.938. The summed E-state index contributed by atoms with van der Waals surface area (Å²) in [6, 6.07) is 0. The number of hydrogen-bond acceptors (Lipinski definition) is 3. The van der Waals surface area contributed by atoms with E-state index in [4.69, 9.17) is 4.74 Å². The Bertz CT molecular complexity index is 142. The van der Waals surface area contributed by atoms with Crippen molar-refractivity contribution in [3.8, 4) is 0 Å². The molecule has 0 aromatic carbocycles. The Balaban J connectivity index is 3.11. The van der Waals surface area contributed by atoms with Crippen molar-refractivity contribution in [1.82, 2.24) is 5.32 Å². The van der Waals surface area contributed by atoms with Crippen molar-refractivity contribution >= 4 is 10.8 Å². The van der Waals surface area contributed by atoms with E-state index >= 15 is 0 Å². The maximum Gasteiger partial charge on any atom is 0.0474 e. The Kier molecular flexibility index (Phi) is 8.71. The lowest BCUT2D eigenvalue weighted by atomic mass is 10.3. The summed E-state index contributed by atoms with van der Waals surface area (Å²) in [6.45, 7) is 4.76. The Morgan fingerprint density at radius 1 is 1.46 bits per heavy atom. The normalized spacial score (nSPS) is 15.6. The quantitative estimate of drug-likeness (QED) is 0.598. The fraction of sp³-hybridized carbons (Fsp3) is 1.00. The van der Waals surface area contributed by atoms with Crippen LogP contribution in [0.15, 0.2) is 0 Å². The van der Waals surface area contributed by atoms with Crippen molar-refractivity contribution in [2.45, 2.75) is 25.0 Å². The number of nitrogens with one attached hydrogen (secondary N) is 1. The van der Waals surface area contributed by atoms with Gasteiger partial charge in [0.15, 0.2) is 0 Å². The van der Waals surface area contributed by atoms with Gasteiger partial charge in [-0.25, -0.2) is 0 Å². The van der Waals surface area contributed by atoms with E-state index in [1.54, 1.807) is 13.4 Å². The van der Waals surface area contributed by atoms with E-state index in [1.807, 2.05) is 6.92 Å². The summed E-state index contributed by atoms with van der Waals surface area (Å²) in [5, 5.41) is 3.59. The Labute approximate surface area is 83.7 Å². The smallest absolute Gasteiger partial charge is 0.0474 e. The molecule has 4 heteroatoms. The van der Waals surface area contributed by atoms with Gasteiger partial charge >= 0.3 is 0 Å². The molecule has 2 unspecified atom stereocenters. The number of methoxy groups -OCH3 is 1. The number of ether oxygens (including phenoxy) is 1. The zero-order valence-corrected chi connectivity index (χ0v) is 9.65. The third kappa shape index (κ3) is 8.40. The summed E-state index contributed by atoms with van der Waals surface area (Å²) in [7, 11) is 1.03. The molecule has 0 saturated heterocycles. The Morgan fingerprint density at radius 3 is 2.69 bits per heavy atom. The lowest BCUT2D eigenvalue weighted by Crippen LogP contribution is -2.22. The lowest BCUT2D eigenvalue weighted by Gasteiger charge is -2.08. The molecule has 0 aliphatic rings. The maximum atomic E-state index is 11.0. The Morgan fingerprint density at radius 2 is 2.15 bits per heavy atom. The first-order valence-electron chi connectivity index (χ1n) is 4.70. The fourth-order valence-corrected chi connectivity index (χ4v) is 1.39. The SMILES string of the molecule is COCCCNCCC(C)S(C)=O. The van der Waals surface area contributed by atoms with Crippen molar-refractivity contribution in [2.24, 2.45) is 0 Å². The molecule has 0 aliphatic carbocycles. The predicted octanol–water partition coefficient (Wildman–Crippen LogP) is 0.770. The molecule has 0 fully saturated rings. The average Bonchev–Trinajstić information content (AvgIpc) is 2.10. The van der Waals surface area contributed by atoms with Gasteiger partial charge in [0, 0.05) is 36.0 Å². The molecule has 80 valence electrons. The highest BCUT2D eigenvalue weighted by molar-refractivity contribution is 7.84. The van der Waals surface area contributed by atoms with Gasteiger partial charge in [0.05, 0.1) is 0 Å². The molecule has 0 rings (SSSR count). The topological polar surface area (TPSA) is 38.3 Å². The van der Waals surface area contributed by atoms with Gasteiger partial charge in [-0.2, -0.15) is 0 Å². The van der Waals surface area contributed by atoms with E-state index in [9.17, 15) is 4.21 Å². The first-order valence-corrected chi connectivity index (χ1v) is 6.32. The van der Waals surface area contributed by atoms with E-state index in [2.05, 4.69) is 5.32 Å². The highest BCUT2D eigenvalue weighted by Crippen LogP contribution is 1.96. The van der Waals surface area contributed by atoms with Crippen LogP contribution < -0.4 is 5.32 Å². The standard InChI is InChI=1S/C9H21NO2S/c1-9(13(3)11)5-7-10-6-4-8-12-2/h9-10H,4-8H2,1-3H3. The molecule has 2 atom stereocenters. The average molecular weight is 207 g/mol. The van der Waals surface area contributed by atoms with Gasteiger partial charge in [-0.15, -0.1) is 0 Å². The summed E-state index contributed by atoms with van der Waals surface area (Å²) >= 11 is 0. The van der Waals surface area contributed by atoms with Crippen molar-refractivity contribution in [2.75, 3.05) is 33.1 Å². The van der Waals surface area contributed by atoms with Gasteiger partial charge in [0.25, 0.3) is 0 Å². The van der Waals surface area contributed by atoms with Crippen LogP contribution in [0.3, 0.4) is 0 Å². The van der Waals surface area contributed by atoms with Crippen molar-refractivity contribution < 1.29 is 8.95 Å². The number of hydrogen-bond donors (Lipinski definition) is 1. The van der Waals surface area contributed by atoms with Crippen molar-refractivity contribution in [1.29, 1.82) is 0 Å². The van der Waals surface area contributed by atoms with Gasteiger partial charge < -0.3 is 10.1 Å². The summed E-state index contributed by atoms with van der Waals surface area (Å²) in [5.41, 5.74) is 0. The molecule has 0 aromatic heterocycles. The van der Waals surface area contributed by atoms with Crippen LogP contribution in [-0.2, 0) is 15.5 Å². The monoisotopic (exact) mass is 207 g/mol. The third-order valence-corrected chi connectivity index (χ3v) is 3.37. The molecule has 3 nitrogen and oxygen atoms in total. The first kappa shape index (κ1) is 13.1. The molecule has 13 heavy (non-hydrogen) atoms. The van der Waals surface area contributed by atoms with Crippen molar-refractivity contribution in [3.63, 3.8) is 0 Å². The molecule has 0 heterocycles. The van der Waals surface area contributed by atoms with Gasteiger partial charge in [0.2, 0.25) is 0 Å². The van der Waals surface area contributed by atoms with Crippen LogP contribution in [0.1, 0.15) is 19.8 Å².